The van der Waals surface area contributed by atoms with Crippen LogP contribution >= 0.6 is 31.9 Å². The molecule has 0 rings (SSSR count). The molecule has 3 heteroatoms. The lowest BCUT2D eigenvalue weighted by Gasteiger charge is -2.05. The summed E-state index contributed by atoms with van der Waals surface area (Å²) in [5.74, 6) is 0. The number of alkyl halides is 2. The maximum Gasteiger partial charge on any atom is 0.0599 e. The molecule has 0 heterocycles. The van der Waals surface area contributed by atoms with Gasteiger partial charge < -0.3 is 4.74 Å². The Hall–Kier alpha value is 0.920. The van der Waals surface area contributed by atoms with Gasteiger partial charge in [0.1, 0.15) is 0 Å². The molecule has 1 atom stereocenters. The second-order valence-electron chi connectivity index (χ2n) is 2.18. The van der Waals surface area contributed by atoms with Gasteiger partial charge in [0.25, 0.3) is 0 Å². The van der Waals surface area contributed by atoms with Gasteiger partial charge in [-0.25, -0.2) is 0 Å². The first-order valence-corrected chi connectivity index (χ1v) is 5.62. The van der Waals surface area contributed by atoms with Gasteiger partial charge in [-0.15, -0.1) is 0 Å². The SMILES string of the molecule is CCCCOCC(Br)CBr. The Kier molecular flexibility index (Phi) is 8.76. The Morgan fingerprint density at radius 3 is 2.70 bits per heavy atom. The lowest BCUT2D eigenvalue weighted by molar-refractivity contribution is 0.136. The minimum absolute atomic E-state index is 0.462. The average molecular weight is 274 g/mol. The van der Waals surface area contributed by atoms with Gasteiger partial charge in [0.15, 0.2) is 0 Å². The Morgan fingerprint density at radius 1 is 1.50 bits per heavy atom. The smallest absolute Gasteiger partial charge is 0.0599 e. The van der Waals surface area contributed by atoms with E-state index in [2.05, 4.69) is 38.8 Å². The Bertz CT molecular complexity index is 68.6. The molecule has 0 bridgehead atoms. The predicted molar refractivity (Wildman–Crippen MR) is 52.2 cm³/mol. The van der Waals surface area contributed by atoms with Gasteiger partial charge >= 0.3 is 0 Å². The van der Waals surface area contributed by atoms with Crippen LogP contribution in [0, 0.1) is 0 Å². The fraction of sp³-hybridized carbons (Fsp3) is 1.00. The molecule has 10 heavy (non-hydrogen) atoms. The zero-order valence-corrected chi connectivity index (χ0v) is 9.45. The van der Waals surface area contributed by atoms with E-state index in [0.29, 0.717) is 4.83 Å². The second kappa shape index (κ2) is 8.02. The van der Waals surface area contributed by atoms with Crippen molar-refractivity contribution < 1.29 is 4.74 Å². The van der Waals surface area contributed by atoms with Crippen molar-refractivity contribution >= 4 is 31.9 Å². The molecule has 0 aromatic carbocycles. The average Bonchev–Trinajstić information content (AvgIpc) is 1.98. The van der Waals surface area contributed by atoms with Crippen LogP contribution in [0.25, 0.3) is 0 Å². The number of unbranched alkanes of at least 4 members (excludes halogenated alkanes) is 1. The van der Waals surface area contributed by atoms with Crippen LogP contribution in [0.1, 0.15) is 19.8 Å². The van der Waals surface area contributed by atoms with E-state index in [1.165, 1.54) is 12.8 Å². The summed E-state index contributed by atoms with van der Waals surface area (Å²) in [6, 6.07) is 0. The summed E-state index contributed by atoms with van der Waals surface area (Å²) in [4.78, 5) is 0.462. The molecule has 62 valence electrons. The Balaban J connectivity index is 2.89. The molecule has 1 nitrogen and oxygen atoms in total. The van der Waals surface area contributed by atoms with Crippen molar-refractivity contribution in [3.63, 3.8) is 0 Å². The summed E-state index contributed by atoms with van der Waals surface area (Å²) in [6.07, 6.45) is 2.38. The highest BCUT2D eigenvalue weighted by atomic mass is 79.9. The number of hydrogen-bond donors (Lipinski definition) is 0. The van der Waals surface area contributed by atoms with Crippen LogP contribution in [0.3, 0.4) is 0 Å². The summed E-state index contributed by atoms with van der Waals surface area (Å²) >= 11 is 6.81. The molecule has 0 amide bonds. The molecule has 0 aliphatic heterocycles. The predicted octanol–water partition coefficient (Wildman–Crippen LogP) is 2.96. The van der Waals surface area contributed by atoms with Crippen molar-refractivity contribution in [1.82, 2.24) is 0 Å². The van der Waals surface area contributed by atoms with E-state index in [9.17, 15) is 0 Å². The van der Waals surface area contributed by atoms with Crippen molar-refractivity contribution in [2.45, 2.75) is 24.6 Å². The van der Waals surface area contributed by atoms with E-state index in [0.717, 1.165) is 18.5 Å². The quantitative estimate of drug-likeness (QED) is 0.534. The molecular formula is C7H14Br2O. The number of hydrogen-bond acceptors (Lipinski definition) is 1. The first-order chi connectivity index (χ1) is 4.81. The zero-order valence-electron chi connectivity index (χ0n) is 6.28. The van der Waals surface area contributed by atoms with Gasteiger partial charge in [0.05, 0.1) is 6.61 Å². The van der Waals surface area contributed by atoms with Crippen molar-refractivity contribution in [1.29, 1.82) is 0 Å². The van der Waals surface area contributed by atoms with Crippen LogP contribution in [0.4, 0.5) is 0 Å². The highest BCUT2D eigenvalue weighted by Crippen LogP contribution is 2.03. The standard InChI is InChI=1S/C7H14Br2O/c1-2-3-4-10-6-7(9)5-8/h7H,2-6H2,1H3. The topological polar surface area (TPSA) is 9.23 Å². The third-order valence-electron chi connectivity index (χ3n) is 1.11. The first kappa shape index (κ1) is 10.9. The molecule has 1 unspecified atom stereocenters. The van der Waals surface area contributed by atoms with Crippen molar-refractivity contribution in [3.05, 3.63) is 0 Å². The highest BCUT2D eigenvalue weighted by Gasteiger charge is 1.99. The molecule has 0 spiro atoms. The summed E-state index contributed by atoms with van der Waals surface area (Å²) < 4.78 is 5.35. The van der Waals surface area contributed by atoms with Crippen LogP contribution in [-0.2, 0) is 4.74 Å². The van der Waals surface area contributed by atoms with Gasteiger partial charge in [-0.05, 0) is 6.42 Å². The number of halogens is 2. The first-order valence-electron chi connectivity index (χ1n) is 3.59. The van der Waals surface area contributed by atoms with Crippen LogP contribution in [-0.4, -0.2) is 23.4 Å². The van der Waals surface area contributed by atoms with Crippen LogP contribution in [0.5, 0.6) is 0 Å². The van der Waals surface area contributed by atoms with Gasteiger partial charge in [-0.3, -0.25) is 0 Å². The summed E-state index contributed by atoms with van der Waals surface area (Å²) in [7, 11) is 0. The summed E-state index contributed by atoms with van der Waals surface area (Å²) in [5.41, 5.74) is 0. The summed E-state index contributed by atoms with van der Waals surface area (Å²) in [6.45, 7) is 3.87. The van der Waals surface area contributed by atoms with Crippen LogP contribution < -0.4 is 0 Å². The van der Waals surface area contributed by atoms with E-state index in [-0.39, 0.29) is 0 Å². The van der Waals surface area contributed by atoms with Crippen molar-refractivity contribution in [3.8, 4) is 0 Å². The molecule has 0 saturated heterocycles. The van der Waals surface area contributed by atoms with Crippen LogP contribution in [0.2, 0.25) is 0 Å². The zero-order chi connectivity index (χ0) is 7.82. The van der Waals surface area contributed by atoms with Crippen molar-refractivity contribution in [2.75, 3.05) is 18.5 Å². The van der Waals surface area contributed by atoms with E-state index < -0.39 is 0 Å². The third-order valence-corrected chi connectivity index (χ3v) is 3.35. The van der Waals surface area contributed by atoms with E-state index >= 15 is 0 Å². The minimum atomic E-state index is 0.462. The molecule has 0 fully saturated rings. The normalized spacial score (nSPS) is 13.5. The van der Waals surface area contributed by atoms with E-state index in [1.54, 1.807) is 0 Å². The lowest BCUT2D eigenvalue weighted by Crippen LogP contribution is -2.10. The van der Waals surface area contributed by atoms with Crippen LogP contribution in [0.15, 0.2) is 0 Å². The molecule has 0 radical (unpaired) electrons. The Labute approximate surface area is 79.8 Å². The van der Waals surface area contributed by atoms with E-state index in [4.69, 9.17) is 4.74 Å². The van der Waals surface area contributed by atoms with Crippen molar-refractivity contribution in [2.24, 2.45) is 0 Å². The number of ether oxygens (including phenoxy) is 1. The van der Waals surface area contributed by atoms with Gasteiger partial charge in [-0.2, -0.15) is 0 Å². The molecular weight excluding hydrogens is 260 g/mol. The lowest BCUT2D eigenvalue weighted by atomic mass is 10.4. The largest absolute Gasteiger partial charge is 0.380 e. The van der Waals surface area contributed by atoms with E-state index in [1.807, 2.05) is 0 Å². The van der Waals surface area contributed by atoms with Gasteiger partial charge in [-0.1, -0.05) is 45.2 Å². The monoisotopic (exact) mass is 272 g/mol. The maximum atomic E-state index is 5.35. The molecule has 0 aliphatic rings. The number of rotatable bonds is 6. The molecule has 0 aromatic rings. The fourth-order valence-corrected chi connectivity index (χ4v) is 0.876. The molecule has 0 N–H and O–H groups in total. The van der Waals surface area contributed by atoms with Gasteiger partial charge in [0.2, 0.25) is 0 Å². The molecule has 0 aliphatic carbocycles. The fourth-order valence-electron chi connectivity index (χ4n) is 0.502. The molecule has 0 aromatic heterocycles. The molecule has 0 saturated carbocycles. The maximum absolute atomic E-state index is 5.35. The minimum Gasteiger partial charge on any atom is -0.380 e. The Morgan fingerprint density at radius 2 is 2.20 bits per heavy atom. The second-order valence-corrected chi connectivity index (χ2v) is 4.12. The summed E-state index contributed by atoms with van der Waals surface area (Å²) in [5, 5.41) is 0.957. The highest BCUT2D eigenvalue weighted by molar-refractivity contribution is 9.12. The van der Waals surface area contributed by atoms with Gasteiger partial charge in [0, 0.05) is 16.8 Å². The third kappa shape index (κ3) is 7.03.